The van der Waals surface area contributed by atoms with Gasteiger partial charge in [-0.05, 0) is 36.8 Å². The largest absolute Gasteiger partial charge is 0.316 e. The van der Waals surface area contributed by atoms with Gasteiger partial charge in [-0.15, -0.1) is 0 Å². The van der Waals surface area contributed by atoms with Crippen molar-refractivity contribution in [2.45, 2.75) is 67.2 Å². The molecule has 1 heteroatoms. The molecule has 0 bridgehead atoms. The van der Waals surface area contributed by atoms with E-state index in [0.717, 1.165) is 23.7 Å². The van der Waals surface area contributed by atoms with Gasteiger partial charge < -0.3 is 5.32 Å². The van der Waals surface area contributed by atoms with Gasteiger partial charge in [-0.2, -0.15) is 0 Å². The zero-order valence-corrected chi connectivity index (χ0v) is 13.1. The molecule has 4 unspecified atom stereocenters. The molecule has 0 heterocycles. The van der Waals surface area contributed by atoms with Crippen LogP contribution in [0.15, 0.2) is 0 Å². The SMILES string of the molecule is CCC(C)C(CC)CNCC(CC)C(C)CC. The number of nitrogens with one attached hydrogen (secondary N) is 1. The molecule has 1 nitrogen and oxygen atoms in total. The fraction of sp³-hybridized carbons (Fsp3) is 1.00. The summed E-state index contributed by atoms with van der Waals surface area (Å²) in [6, 6.07) is 0. The summed E-state index contributed by atoms with van der Waals surface area (Å²) < 4.78 is 0. The van der Waals surface area contributed by atoms with Gasteiger partial charge in [0.2, 0.25) is 0 Å². The van der Waals surface area contributed by atoms with Crippen LogP contribution in [0.5, 0.6) is 0 Å². The lowest BCUT2D eigenvalue weighted by Gasteiger charge is -2.26. The molecule has 0 saturated carbocycles. The summed E-state index contributed by atoms with van der Waals surface area (Å²) in [6.45, 7) is 16.5. The maximum absolute atomic E-state index is 3.72. The van der Waals surface area contributed by atoms with Crippen molar-refractivity contribution < 1.29 is 0 Å². The predicted octanol–water partition coefficient (Wildman–Crippen LogP) is 4.72. The van der Waals surface area contributed by atoms with Crippen LogP contribution in [-0.2, 0) is 0 Å². The van der Waals surface area contributed by atoms with Crippen molar-refractivity contribution in [3.05, 3.63) is 0 Å². The highest BCUT2D eigenvalue weighted by Gasteiger charge is 2.16. The molecule has 104 valence electrons. The van der Waals surface area contributed by atoms with Gasteiger partial charge in [0.1, 0.15) is 0 Å². The van der Waals surface area contributed by atoms with Gasteiger partial charge in [-0.25, -0.2) is 0 Å². The van der Waals surface area contributed by atoms with Gasteiger partial charge in [0.25, 0.3) is 0 Å². The zero-order chi connectivity index (χ0) is 13.3. The van der Waals surface area contributed by atoms with Crippen LogP contribution in [0.4, 0.5) is 0 Å². The van der Waals surface area contributed by atoms with E-state index in [-0.39, 0.29) is 0 Å². The van der Waals surface area contributed by atoms with Crippen molar-refractivity contribution >= 4 is 0 Å². The molecule has 0 aliphatic heterocycles. The minimum absolute atomic E-state index is 0.856. The minimum Gasteiger partial charge on any atom is -0.316 e. The lowest BCUT2D eigenvalue weighted by Crippen LogP contribution is -2.32. The van der Waals surface area contributed by atoms with Crippen molar-refractivity contribution in [3.8, 4) is 0 Å². The molecule has 0 aliphatic carbocycles. The lowest BCUT2D eigenvalue weighted by atomic mass is 9.87. The molecule has 0 aromatic carbocycles. The van der Waals surface area contributed by atoms with Gasteiger partial charge in [-0.1, -0.05) is 67.2 Å². The molecule has 0 saturated heterocycles. The molecule has 0 aliphatic rings. The first-order valence-electron chi connectivity index (χ1n) is 7.81. The third-order valence-corrected chi connectivity index (χ3v) is 4.76. The monoisotopic (exact) mass is 241 g/mol. The van der Waals surface area contributed by atoms with Crippen molar-refractivity contribution in [2.24, 2.45) is 23.7 Å². The highest BCUT2D eigenvalue weighted by molar-refractivity contribution is 4.71. The zero-order valence-electron chi connectivity index (χ0n) is 13.1. The Labute approximate surface area is 110 Å². The number of hydrogen-bond acceptors (Lipinski definition) is 1. The van der Waals surface area contributed by atoms with E-state index in [1.54, 1.807) is 0 Å². The second kappa shape index (κ2) is 9.94. The van der Waals surface area contributed by atoms with Gasteiger partial charge >= 0.3 is 0 Å². The van der Waals surface area contributed by atoms with Crippen molar-refractivity contribution in [2.75, 3.05) is 13.1 Å². The third kappa shape index (κ3) is 6.45. The van der Waals surface area contributed by atoms with Gasteiger partial charge in [0.15, 0.2) is 0 Å². The van der Waals surface area contributed by atoms with Crippen LogP contribution in [0.1, 0.15) is 67.2 Å². The van der Waals surface area contributed by atoms with E-state index in [0.29, 0.717) is 0 Å². The molecule has 0 amide bonds. The Hall–Kier alpha value is -0.0400. The summed E-state index contributed by atoms with van der Waals surface area (Å²) in [5, 5.41) is 3.72. The van der Waals surface area contributed by atoms with Crippen LogP contribution in [0.3, 0.4) is 0 Å². The highest BCUT2D eigenvalue weighted by atomic mass is 14.9. The maximum atomic E-state index is 3.72. The van der Waals surface area contributed by atoms with Gasteiger partial charge in [0, 0.05) is 0 Å². The minimum atomic E-state index is 0.856. The Morgan fingerprint density at radius 2 is 1.00 bits per heavy atom. The first-order chi connectivity index (χ1) is 8.10. The standard InChI is InChI=1S/C16H35N/c1-7-13(5)15(9-3)11-17-12-16(10-4)14(6)8-2/h13-17H,7-12H2,1-6H3. The van der Waals surface area contributed by atoms with E-state index in [2.05, 4.69) is 46.9 Å². The van der Waals surface area contributed by atoms with Crippen LogP contribution in [0, 0.1) is 23.7 Å². The fourth-order valence-electron chi connectivity index (χ4n) is 2.62. The number of hydrogen-bond donors (Lipinski definition) is 1. The average molecular weight is 241 g/mol. The quantitative estimate of drug-likeness (QED) is 0.583. The summed E-state index contributed by atoms with van der Waals surface area (Å²) in [4.78, 5) is 0. The average Bonchev–Trinajstić information content (AvgIpc) is 2.37. The summed E-state index contributed by atoms with van der Waals surface area (Å²) >= 11 is 0. The summed E-state index contributed by atoms with van der Waals surface area (Å²) in [6.07, 6.45) is 5.23. The van der Waals surface area contributed by atoms with E-state index in [4.69, 9.17) is 0 Å². The molecule has 1 N–H and O–H groups in total. The Bertz CT molecular complexity index is 149. The fourth-order valence-corrected chi connectivity index (χ4v) is 2.62. The number of rotatable bonds is 10. The molecule has 17 heavy (non-hydrogen) atoms. The topological polar surface area (TPSA) is 12.0 Å². The van der Waals surface area contributed by atoms with Gasteiger partial charge in [-0.3, -0.25) is 0 Å². The van der Waals surface area contributed by atoms with E-state index in [9.17, 15) is 0 Å². The summed E-state index contributed by atoms with van der Waals surface area (Å²) in [5.74, 6) is 3.43. The molecule has 0 aromatic rings. The molecule has 4 atom stereocenters. The molecule has 0 aromatic heterocycles. The smallest absolute Gasteiger partial charge is 0.00180 e. The Balaban J connectivity index is 3.93. The Morgan fingerprint density at radius 1 is 0.647 bits per heavy atom. The first-order valence-corrected chi connectivity index (χ1v) is 7.81. The van der Waals surface area contributed by atoms with Crippen molar-refractivity contribution in [3.63, 3.8) is 0 Å². The Morgan fingerprint density at radius 3 is 1.24 bits per heavy atom. The van der Waals surface area contributed by atoms with Crippen molar-refractivity contribution in [1.29, 1.82) is 0 Å². The molecule has 0 spiro atoms. The molecule has 0 fully saturated rings. The predicted molar refractivity (Wildman–Crippen MR) is 79.3 cm³/mol. The van der Waals surface area contributed by atoms with Crippen LogP contribution in [0.2, 0.25) is 0 Å². The van der Waals surface area contributed by atoms with Crippen LogP contribution >= 0.6 is 0 Å². The molecule has 0 rings (SSSR count). The normalized spacial score (nSPS) is 18.7. The lowest BCUT2D eigenvalue weighted by molar-refractivity contribution is 0.283. The van der Waals surface area contributed by atoms with E-state index < -0.39 is 0 Å². The highest BCUT2D eigenvalue weighted by Crippen LogP contribution is 2.20. The second-order valence-corrected chi connectivity index (χ2v) is 5.77. The molecular weight excluding hydrogens is 206 g/mol. The second-order valence-electron chi connectivity index (χ2n) is 5.77. The van der Waals surface area contributed by atoms with Crippen molar-refractivity contribution in [1.82, 2.24) is 5.32 Å². The van der Waals surface area contributed by atoms with E-state index >= 15 is 0 Å². The Kier molecular flexibility index (Phi) is 9.91. The molecular formula is C16H35N. The maximum Gasteiger partial charge on any atom is -0.00180 e. The summed E-state index contributed by atoms with van der Waals surface area (Å²) in [7, 11) is 0. The third-order valence-electron chi connectivity index (χ3n) is 4.76. The van der Waals surface area contributed by atoms with Crippen LogP contribution in [-0.4, -0.2) is 13.1 Å². The van der Waals surface area contributed by atoms with Crippen LogP contribution < -0.4 is 5.32 Å². The van der Waals surface area contributed by atoms with E-state index in [1.807, 2.05) is 0 Å². The molecule has 0 radical (unpaired) electrons. The van der Waals surface area contributed by atoms with Crippen LogP contribution in [0.25, 0.3) is 0 Å². The van der Waals surface area contributed by atoms with Gasteiger partial charge in [0.05, 0.1) is 0 Å². The van der Waals surface area contributed by atoms with E-state index in [1.165, 1.54) is 38.8 Å². The first kappa shape index (κ1) is 17.0. The summed E-state index contributed by atoms with van der Waals surface area (Å²) in [5.41, 5.74) is 0.